The first-order valence-electron chi connectivity index (χ1n) is 6.69. The Hall–Kier alpha value is -2.47. The molecule has 0 bridgehead atoms. The van der Waals surface area contributed by atoms with Crippen molar-refractivity contribution in [2.24, 2.45) is 0 Å². The smallest absolute Gasteiger partial charge is 0.119 e. The topological polar surface area (TPSA) is 45.0 Å². The lowest BCUT2D eigenvalue weighted by Gasteiger charge is -2.11. The Kier molecular flexibility index (Phi) is 4.62. The molecule has 0 aromatic heterocycles. The number of anilines is 1. The minimum absolute atomic E-state index is 0.674. The van der Waals surface area contributed by atoms with Gasteiger partial charge in [-0.2, -0.15) is 5.26 Å². The third-order valence-electron chi connectivity index (χ3n) is 3.05. The van der Waals surface area contributed by atoms with Crippen LogP contribution in [-0.2, 0) is 6.54 Å². The van der Waals surface area contributed by atoms with Crippen LogP contribution >= 0.6 is 0 Å². The minimum atomic E-state index is 0.674. The van der Waals surface area contributed by atoms with Gasteiger partial charge >= 0.3 is 0 Å². The third kappa shape index (κ3) is 3.52. The summed E-state index contributed by atoms with van der Waals surface area (Å²) in [4.78, 5) is 0. The Labute approximate surface area is 119 Å². The van der Waals surface area contributed by atoms with Gasteiger partial charge in [0.1, 0.15) is 5.75 Å². The molecular weight excluding hydrogens is 248 g/mol. The quantitative estimate of drug-likeness (QED) is 0.893. The van der Waals surface area contributed by atoms with Crippen molar-refractivity contribution in [3.8, 4) is 11.8 Å². The van der Waals surface area contributed by atoms with Gasteiger partial charge in [-0.1, -0.05) is 12.1 Å². The van der Waals surface area contributed by atoms with E-state index < -0.39 is 0 Å². The Balaban J connectivity index is 2.05. The molecule has 0 spiro atoms. The van der Waals surface area contributed by atoms with Gasteiger partial charge in [0.2, 0.25) is 0 Å². The Morgan fingerprint density at radius 3 is 2.75 bits per heavy atom. The average molecular weight is 266 g/mol. The fourth-order valence-electron chi connectivity index (χ4n) is 2.04. The van der Waals surface area contributed by atoms with E-state index in [2.05, 4.69) is 18.3 Å². The second-order valence-corrected chi connectivity index (χ2v) is 4.58. The second-order valence-electron chi connectivity index (χ2n) is 4.58. The van der Waals surface area contributed by atoms with Crippen LogP contribution in [-0.4, -0.2) is 6.61 Å². The first-order chi connectivity index (χ1) is 9.72. The Morgan fingerprint density at radius 1 is 1.20 bits per heavy atom. The summed E-state index contributed by atoms with van der Waals surface area (Å²) >= 11 is 0. The predicted molar refractivity (Wildman–Crippen MR) is 80.8 cm³/mol. The van der Waals surface area contributed by atoms with E-state index in [1.807, 2.05) is 49.4 Å². The third-order valence-corrected chi connectivity index (χ3v) is 3.05. The number of ether oxygens (including phenoxy) is 1. The van der Waals surface area contributed by atoms with Crippen molar-refractivity contribution >= 4 is 5.69 Å². The molecule has 0 unspecified atom stereocenters. The molecule has 0 atom stereocenters. The number of nitrogens with zero attached hydrogens (tertiary/aromatic N) is 1. The zero-order chi connectivity index (χ0) is 14.4. The number of nitriles is 1. The molecule has 102 valence electrons. The molecule has 0 aliphatic rings. The lowest BCUT2D eigenvalue weighted by Crippen LogP contribution is -2.02. The van der Waals surface area contributed by atoms with Gasteiger partial charge in [-0.05, 0) is 55.3 Å². The molecule has 0 aliphatic heterocycles. The molecule has 20 heavy (non-hydrogen) atoms. The van der Waals surface area contributed by atoms with Crippen molar-refractivity contribution in [3.05, 3.63) is 59.2 Å². The SMILES string of the molecule is CCOc1ccc(NCc2cccc(C#N)c2)c(C)c1. The molecule has 0 heterocycles. The summed E-state index contributed by atoms with van der Waals surface area (Å²) in [7, 11) is 0. The monoisotopic (exact) mass is 266 g/mol. The molecule has 1 N–H and O–H groups in total. The van der Waals surface area contributed by atoms with Crippen LogP contribution in [0.4, 0.5) is 5.69 Å². The van der Waals surface area contributed by atoms with Gasteiger partial charge in [0.05, 0.1) is 18.2 Å². The highest BCUT2D eigenvalue weighted by Gasteiger charge is 2.01. The van der Waals surface area contributed by atoms with E-state index in [4.69, 9.17) is 10.00 Å². The Morgan fingerprint density at radius 2 is 2.05 bits per heavy atom. The summed E-state index contributed by atoms with van der Waals surface area (Å²) < 4.78 is 5.47. The van der Waals surface area contributed by atoms with Crippen LogP contribution in [0.25, 0.3) is 0 Å². The standard InChI is InChI=1S/C17H18N2O/c1-3-20-16-7-8-17(13(2)9-16)19-12-15-6-4-5-14(10-15)11-18/h4-10,19H,3,12H2,1-2H3. The molecule has 0 radical (unpaired) electrons. The lowest BCUT2D eigenvalue weighted by molar-refractivity contribution is 0.340. The fourth-order valence-corrected chi connectivity index (χ4v) is 2.04. The van der Waals surface area contributed by atoms with Gasteiger partial charge < -0.3 is 10.1 Å². The second kappa shape index (κ2) is 6.63. The van der Waals surface area contributed by atoms with Gasteiger partial charge in [0, 0.05) is 12.2 Å². The maximum Gasteiger partial charge on any atom is 0.119 e. The van der Waals surface area contributed by atoms with E-state index in [0.717, 1.165) is 22.6 Å². The zero-order valence-corrected chi connectivity index (χ0v) is 11.8. The maximum absolute atomic E-state index is 8.89. The highest BCUT2D eigenvalue weighted by Crippen LogP contribution is 2.22. The van der Waals surface area contributed by atoms with Crippen LogP contribution in [0, 0.1) is 18.3 Å². The number of rotatable bonds is 5. The largest absolute Gasteiger partial charge is 0.494 e. The van der Waals surface area contributed by atoms with E-state index in [0.29, 0.717) is 18.7 Å². The van der Waals surface area contributed by atoms with Crippen LogP contribution in [0.2, 0.25) is 0 Å². The van der Waals surface area contributed by atoms with E-state index >= 15 is 0 Å². The van der Waals surface area contributed by atoms with Crippen molar-refractivity contribution in [2.45, 2.75) is 20.4 Å². The number of hydrogen-bond acceptors (Lipinski definition) is 3. The molecule has 0 aliphatic carbocycles. The van der Waals surface area contributed by atoms with Gasteiger partial charge in [0.15, 0.2) is 0 Å². The van der Waals surface area contributed by atoms with E-state index in [1.54, 1.807) is 0 Å². The van der Waals surface area contributed by atoms with Crippen molar-refractivity contribution in [1.29, 1.82) is 5.26 Å². The lowest BCUT2D eigenvalue weighted by atomic mass is 10.1. The highest BCUT2D eigenvalue weighted by atomic mass is 16.5. The molecule has 2 aromatic carbocycles. The average Bonchev–Trinajstić information content (AvgIpc) is 2.47. The summed E-state index contributed by atoms with van der Waals surface area (Å²) in [6, 6.07) is 15.8. The first kappa shape index (κ1) is 14.0. The molecule has 2 rings (SSSR count). The van der Waals surface area contributed by atoms with E-state index in [-0.39, 0.29) is 0 Å². The normalized spacial score (nSPS) is 9.85. The number of nitrogens with one attached hydrogen (secondary N) is 1. The first-order valence-corrected chi connectivity index (χ1v) is 6.69. The molecule has 3 nitrogen and oxygen atoms in total. The van der Waals surface area contributed by atoms with Crippen LogP contribution in [0.1, 0.15) is 23.6 Å². The number of aryl methyl sites for hydroxylation is 1. The molecule has 0 saturated carbocycles. The van der Waals surface area contributed by atoms with Gasteiger partial charge in [0.25, 0.3) is 0 Å². The zero-order valence-electron chi connectivity index (χ0n) is 11.8. The van der Waals surface area contributed by atoms with Crippen molar-refractivity contribution in [1.82, 2.24) is 0 Å². The molecular formula is C17H18N2O. The van der Waals surface area contributed by atoms with Crippen LogP contribution in [0.3, 0.4) is 0 Å². The van der Waals surface area contributed by atoms with Crippen molar-refractivity contribution in [2.75, 3.05) is 11.9 Å². The summed E-state index contributed by atoms with van der Waals surface area (Å²) in [5.74, 6) is 0.891. The van der Waals surface area contributed by atoms with Gasteiger partial charge in [-0.15, -0.1) is 0 Å². The summed E-state index contributed by atoms with van der Waals surface area (Å²) in [5, 5.41) is 12.3. The van der Waals surface area contributed by atoms with Crippen molar-refractivity contribution in [3.63, 3.8) is 0 Å². The summed E-state index contributed by atoms with van der Waals surface area (Å²) in [5.41, 5.74) is 4.01. The van der Waals surface area contributed by atoms with Crippen LogP contribution in [0.5, 0.6) is 5.75 Å². The summed E-state index contributed by atoms with van der Waals surface area (Å²) in [6.45, 7) is 5.40. The summed E-state index contributed by atoms with van der Waals surface area (Å²) in [6.07, 6.45) is 0. The molecule has 0 amide bonds. The predicted octanol–water partition coefficient (Wildman–Crippen LogP) is 3.88. The molecule has 3 heteroatoms. The van der Waals surface area contributed by atoms with Crippen molar-refractivity contribution < 1.29 is 4.74 Å². The molecule has 0 saturated heterocycles. The van der Waals surface area contributed by atoms with E-state index in [9.17, 15) is 0 Å². The van der Waals surface area contributed by atoms with Crippen LogP contribution in [0.15, 0.2) is 42.5 Å². The maximum atomic E-state index is 8.89. The highest BCUT2D eigenvalue weighted by molar-refractivity contribution is 5.54. The molecule has 0 fully saturated rings. The van der Waals surface area contributed by atoms with Crippen LogP contribution < -0.4 is 10.1 Å². The fraction of sp³-hybridized carbons (Fsp3) is 0.235. The minimum Gasteiger partial charge on any atom is -0.494 e. The number of hydrogen-bond donors (Lipinski definition) is 1. The Bertz CT molecular complexity index is 629. The van der Waals surface area contributed by atoms with E-state index in [1.165, 1.54) is 0 Å². The number of benzene rings is 2. The van der Waals surface area contributed by atoms with Gasteiger partial charge in [-0.25, -0.2) is 0 Å². The van der Waals surface area contributed by atoms with Gasteiger partial charge in [-0.3, -0.25) is 0 Å². The molecule has 2 aromatic rings.